The Morgan fingerprint density at radius 2 is 1.70 bits per heavy atom. The third-order valence-electron chi connectivity index (χ3n) is 5.29. The largest absolute Gasteiger partial charge is 0.486 e. The molecule has 2 aromatic carbocycles. The molecule has 1 fully saturated rings. The molecule has 30 heavy (non-hydrogen) atoms. The minimum atomic E-state index is -3.41. The molecule has 0 bridgehead atoms. The van der Waals surface area contributed by atoms with Gasteiger partial charge in [-0.3, -0.25) is 4.79 Å². The first-order chi connectivity index (χ1) is 14.4. The first-order valence-electron chi connectivity index (χ1n) is 9.83. The van der Waals surface area contributed by atoms with E-state index in [4.69, 9.17) is 9.47 Å². The highest BCUT2D eigenvalue weighted by molar-refractivity contribution is 9.10. The topological polar surface area (TPSA) is 84.9 Å². The van der Waals surface area contributed by atoms with Gasteiger partial charge in [-0.15, -0.1) is 0 Å². The van der Waals surface area contributed by atoms with E-state index in [0.717, 1.165) is 10.0 Å². The zero-order chi connectivity index (χ0) is 21.1. The Hall–Kier alpha value is -2.10. The van der Waals surface area contributed by atoms with Crippen molar-refractivity contribution in [1.29, 1.82) is 0 Å². The normalized spacial score (nSPS) is 17.5. The highest BCUT2D eigenvalue weighted by Crippen LogP contribution is 2.33. The summed E-state index contributed by atoms with van der Waals surface area (Å²) >= 11 is 3.35. The van der Waals surface area contributed by atoms with Crippen molar-refractivity contribution in [2.75, 3.05) is 31.6 Å². The van der Waals surface area contributed by atoms with Crippen LogP contribution in [0.2, 0.25) is 0 Å². The van der Waals surface area contributed by atoms with Crippen LogP contribution >= 0.6 is 15.9 Å². The maximum Gasteiger partial charge on any atom is 0.227 e. The standard InChI is InChI=1S/C21H23BrN2O5S/c22-17-3-1-15(2-4-17)14-30(26,27)24-9-7-16(8-10-24)21(25)23-18-5-6-19-20(13-18)29-12-11-28-19/h1-6,13,16H,7-12,14H2,(H,23,25). The average Bonchev–Trinajstić information content (AvgIpc) is 2.75. The maximum atomic E-state index is 12.7. The van der Waals surface area contributed by atoms with E-state index in [9.17, 15) is 13.2 Å². The molecule has 9 heteroatoms. The van der Waals surface area contributed by atoms with E-state index in [-0.39, 0.29) is 17.6 Å². The lowest BCUT2D eigenvalue weighted by Crippen LogP contribution is -2.41. The highest BCUT2D eigenvalue weighted by Gasteiger charge is 2.31. The number of nitrogens with one attached hydrogen (secondary N) is 1. The number of carbonyl (C=O) groups excluding carboxylic acids is 1. The number of benzene rings is 2. The summed E-state index contributed by atoms with van der Waals surface area (Å²) in [5.41, 5.74) is 1.39. The van der Waals surface area contributed by atoms with Crippen LogP contribution in [-0.4, -0.2) is 44.9 Å². The molecule has 0 atom stereocenters. The summed E-state index contributed by atoms with van der Waals surface area (Å²) in [6, 6.07) is 12.6. The quantitative estimate of drug-likeness (QED) is 0.688. The van der Waals surface area contributed by atoms with Crippen LogP contribution in [0.5, 0.6) is 11.5 Å². The Morgan fingerprint density at radius 3 is 2.40 bits per heavy atom. The molecule has 2 aromatic rings. The third kappa shape index (κ3) is 4.96. The van der Waals surface area contributed by atoms with E-state index in [1.54, 1.807) is 30.3 Å². The SMILES string of the molecule is O=C(Nc1ccc2c(c1)OCCO2)C1CCN(S(=O)(=O)Cc2ccc(Br)cc2)CC1. The lowest BCUT2D eigenvalue weighted by Gasteiger charge is -2.30. The molecule has 0 aromatic heterocycles. The molecule has 0 saturated carbocycles. The summed E-state index contributed by atoms with van der Waals surface area (Å²) in [6.45, 7) is 1.69. The summed E-state index contributed by atoms with van der Waals surface area (Å²) in [7, 11) is -3.41. The fourth-order valence-corrected chi connectivity index (χ4v) is 5.47. The maximum absolute atomic E-state index is 12.7. The highest BCUT2D eigenvalue weighted by atomic mass is 79.9. The second-order valence-electron chi connectivity index (χ2n) is 7.40. The average molecular weight is 495 g/mol. The molecule has 1 saturated heterocycles. The minimum absolute atomic E-state index is 0.0334. The van der Waals surface area contributed by atoms with Crippen LogP contribution in [0.4, 0.5) is 5.69 Å². The number of anilines is 1. The van der Waals surface area contributed by atoms with Crippen molar-refractivity contribution in [3.63, 3.8) is 0 Å². The van der Waals surface area contributed by atoms with E-state index in [0.29, 0.717) is 56.3 Å². The molecule has 2 heterocycles. The molecule has 0 spiro atoms. The van der Waals surface area contributed by atoms with Crippen molar-refractivity contribution < 1.29 is 22.7 Å². The molecule has 7 nitrogen and oxygen atoms in total. The number of hydrogen-bond acceptors (Lipinski definition) is 5. The molecule has 1 amide bonds. The van der Waals surface area contributed by atoms with Crippen LogP contribution in [0.25, 0.3) is 0 Å². The Labute approximate surface area is 184 Å². The Kier molecular flexibility index (Phi) is 6.31. The third-order valence-corrected chi connectivity index (χ3v) is 7.67. The van der Waals surface area contributed by atoms with Crippen molar-refractivity contribution >= 4 is 37.5 Å². The van der Waals surface area contributed by atoms with E-state index in [2.05, 4.69) is 21.2 Å². The van der Waals surface area contributed by atoms with E-state index in [1.807, 2.05) is 12.1 Å². The van der Waals surface area contributed by atoms with Gasteiger partial charge in [-0.25, -0.2) is 12.7 Å². The van der Waals surface area contributed by atoms with Gasteiger partial charge in [0.15, 0.2) is 11.5 Å². The summed E-state index contributed by atoms with van der Waals surface area (Å²) in [6.07, 6.45) is 0.992. The fourth-order valence-electron chi connectivity index (χ4n) is 3.64. The monoisotopic (exact) mass is 494 g/mol. The molecule has 0 aliphatic carbocycles. The minimum Gasteiger partial charge on any atom is -0.486 e. The fraction of sp³-hybridized carbons (Fsp3) is 0.381. The van der Waals surface area contributed by atoms with Gasteiger partial charge in [0.05, 0.1) is 5.75 Å². The van der Waals surface area contributed by atoms with Gasteiger partial charge in [-0.05, 0) is 42.7 Å². The van der Waals surface area contributed by atoms with Gasteiger partial charge in [0.25, 0.3) is 0 Å². The first kappa shape index (κ1) is 21.1. The van der Waals surface area contributed by atoms with Crippen LogP contribution < -0.4 is 14.8 Å². The van der Waals surface area contributed by atoms with Crippen LogP contribution in [0.3, 0.4) is 0 Å². The zero-order valence-electron chi connectivity index (χ0n) is 16.3. The number of halogens is 1. The molecule has 0 unspecified atom stereocenters. The summed E-state index contributed by atoms with van der Waals surface area (Å²) in [4.78, 5) is 12.7. The number of carbonyl (C=O) groups is 1. The number of sulfonamides is 1. The van der Waals surface area contributed by atoms with Gasteiger partial charge in [-0.1, -0.05) is 28.1 Å². The van der Waals surface area contributed by atoms with Crippen molar-refractivity contribution in [1.82, 2.24) is 4.31 Å². The molecule has 0 radical (unpaired) electrons. The number of nitrogens with zero attached hydrogens (tertiary/aromatic N) is 1. The summed E-state index contributed by atoms with van der Waals surface area (Å²) in [5.74, 6) is 0.930. The van der Waals surface area contributed by atoms with Gasteiger partial charge >= 0.3 is 0 Å². The van der Waals surface area contributed by atoms with Crippen LogP contribution in [0.1, 0.15) is 18.4 Å². The Bertz CT molecular complexity index is 1020. The van der Waals surface area contributed by atoms with Crippen molar-refractivity contribution in [3.8, 4) is 11.5 Å². The molecular weight excluding hydrogens is 472 g/mol. The number of rotatable bonds is 5. The second kappa shape index (κ2) is 8.95. The van der Waals surface area contributed by atoms with Crippen molar-refractivity contribution in [3.05, 3.63) is 52.5 Å². The van der Waals surface area contributed by atoms with E-state index >= 15 is 0 Å². The number of amides is 1. The van der Waals surface area contributed by atoms with Gasteiger partial charge in [-0.2, -0.15) is 0 Å². The van der Waals surface area contributed by atoms with E-state index < -0.39 is 10.0 Å². The van der Waals surface area contributed by atoms with Gasteiger partial charge in [0.1, 0.15) is 13.2 Å². The predicted octanol–water partition coefficient (Wildman–Crippen LogP) is 3.40. The second-order valence-corrected chi connectivity index (χ2v) is 10.3. The van der Waals surface area contributed by atoms with Gasteiger partial charge < -0.3 is 14.8 Å². The number of hydrogen-bond donors (Lipinski definition) is 1. The molecular formula is C21H23BrN2O5S. The lowest BCUT2D eigenvalue weighted by molar-refractivity contribution is -0.120. The number of ether oxygens (including phenoxy) is 2. The van der Waals surface area contributed by atoms with Crippen LogP contribution in [-0.2, 0) is 20.6 Å². The van der Waals surface area contributed by atoms with Gasteiger partial charge in [0.2, 0.25) is 15.9 Å². The Morgan fingerprint density at radius 1 is 1.03 bits per heavy atom. The van der Waals surface area contributed by atoms with Crippen molar-refractivity contribution in [2.45, 2.75) is 18.6 Å². The Balaban J connectivity index is 1.32. The number of fused-ring (bicyclic) bond motifs is 1. The predicted molar refractivity (Wildman–Crippen MR) is 117 cm³/mol. The molecule has 160 valence electrons. The molecule has 2 aliphatic rings. The number of piperidine rings is 1. The summed E-state index contributed by atoms with van der Waals surface area (Å²) < 4.78 is 38.9. The van der Waals surface area contributed by atoms with Crippen LogP contribution in [0, 0.1) is 5.92 Å². The lowest BCUT2D eigenvalue weighted by atomic mass is 9.97. The summed E-state index contributed by atoms with van der Waals surface area (Å²) in [5, 5.41) is 2.91. The molecule has 1 N–H and O–H groups in total. The van der Waals surface area contributed by atoms with Crippen LogP contribution in [0.15, 0.2) is 46.9 Å². The van der Waals surface area contributed by atoms with E-state index in [1.165, 1.54) is 4.31 Å². The van der Waals surface area contributed by atoms with Crippen molar-refractivity contribution in [2.24, 2.45) is 5.92 Å². The molecule has 4 rings (SSSR count). The smallest absolute Gasteiger partial charge is 0.227 e. The molecule has 2 aliphatic heterocycles. The zero-order valence-corrected chi connectivity index (χ0v) is 18.7. The first-order valence-corrected chi connectivity index (χ1v) is 12.2. The van der Waals surface area contributed by atoms with Gasteiger partial charge in [0, 0.05) is 35.2 Å².